The number of halogens is 1. The van der Waals surface area contributed by atoms with Crippen LogP contribution < -0.4 is 15.2 Å². The van der Waals surface area contributed by atoms with Crippen molar-refractivity contribution >= 4 is 34.4 Å². The lowest BCUT2D eigenvalue weighted by Gasteiger charge is -2.21. The van der Waals surface area contributed by atoms with Crippen LogP contribution in [0.4, 0.5) is 0 Å². The lowest BCUT2D eigenvalue weighted by atomic mass is 9.87. The fourth-order valence-corrected chi connectivity index (χ4v) is 3.69. The van der Waals surface area contributed by atoms with Crippen LogP contribution in [0, 0.1) is 5.92 Å². The van der Waals surface area contributed by atoms with Gasteiger partial charge in [-0.3, -0.25) is 10.0 Å². The Morgan fingerprint density at radius 3 is 2.59 bits per heavy atom. The number of hydrogen-bond acceptors (Lipinski definition) is 4. The molecule has 0 bridgehead atoms. The third-order valence-corrected chi connectivity index (χ3v) is 5.01. The number of carbonyl (C=O) groups is 2. The van der Waals surface area contributed by atoms with Gasteiger partial charge in [0.1, 0.15) is 0 Å². The van der Waals surface area contributed by atoms with E-state index in [0.29, 0.717) is 28.0 Å². The molecule has 1 aliphatic carbocycles. The van der Waals surface area contributed by atoms with Gasteiger partial charge in [0.2, 0.25) is 6.20 Å². The molecule has 0 radical (unpaired) electrons. The highest BCUT2D eigenvalue weighted by Gasteiger charge is 2.20. The summed E-state index contributed by atoms with van der Waals surface area (Å²) in [7, 11) is 0. The summed E-state index contributed by atoms with van der Waals surface area (Å²) in [6, 6.07) is 6.84. The van der Waals surface area contributed by atoms with E-state index in [-0.39, 0.29) is 5.91 Å². The van der Waals surface area contributed by atoms with Crippen LogP contribution in [0.1, 0.15) is 55.8 Å². The molecule has 27 heavy (non-hydrogen) atoms. The van der Waals surface area contributed by atoms with Gasteiger partial charge < -0.3 is 15.2 Å². The van der Waals surface area contributed by atoms with Crippen molar-refractivity contribution in [3.63, 3.8) is 0 Å². The van der Waals surface area contributed by atoms with Crippen LogP contribution in [0.5, 0.6) is 0 Å². The molecule has 3 rings (SSSR count). The van der Waals surface area contributed by atoms with E-state index in [1.807, 2.05) is 0 Å². The van der Waals surface area contributed by atoms with Crippen molar-refractivity contribution in [2.24, 2.45) is 5.92 Å². The van der Waals surface area contributed by atoms with E-state index in [9.17, 15) is 10.0 Å². The van der Waals surface area contributed by atoms with Crippen LogP contribution in [0.2, 0.25) is 5.02 Å². The van der Waals surface area contributed by atoms with Gasteiger partial charge in [0.15, 0.2) is 0 Å². The Kier molecular flexibility index (Phi) is 7.85. The first-order valence-electron chi connectivity index (χ1n) is 9.18. The molecular weight excluding hydrogens is 368 g/mol. The average molecular weight is 393 g/mol. The van der Waals surface area contributed by atoms with Crippen LogP contribution in [0.15, 0.2) is 30.5 Å². The van der Waals surface area contributed by atoms with Gasteiger partial charge in [0.05, 0.1) is 16.0 Å². The number of nitrogens with one attached hydrogen (secondary N) is 1. The molecule has 1 aromatic carbocycles. The van der Waals surface area contributed by atoms with Gasteiger partial charge in [-0.15, -0.1) is 0 Å². The first-order chi connectivity index (χ1) is 12.9. The van der Waals surface area contributed by atoms with Crippen LogP contribution in [0.3, 0.4) is 0 Å². The van der Waals surface area contributed by atoms with Crippen molar-refractivity contribution in [3.05, 3.63) is 41.0 Å². The van der Waals surface area contributed by atoms with E-state index in [1.54, 1.807) is 24.3 Å². The maximum Gasteiger partial charge on any atom is 0.265 e. The smallest absolute Gasteiger partial charge is 0.265 e. The molecule has 1 aromatic heterocycles. The van der Waals surface area contributed by atoms with Crippen molar-refractivity contribution in [1.29, 1.82) is 0 Å². The average Bonchev–Trinajstić information content (AvgIpc) is 2.62. The number of carboxylic acids is 1. The van der Waals surface area contributed by atoms with E-state index in [0.717, 1.165) is 24.0 Å². The number of pyridine rings is 1. The summed E-state index contributed by atoms with van der Waals surface area (Å²) in [5, 5.41) is 22.8. The molecule has 1 fully saturated rings. The number of benzene rings is 1. The molecule has 0 spiro atoms. The Hall–Kier alpha value is -2.34. The van der Waals surface area contributed by atoms with Crippen LogP contribution in [-0.2, 0) is 4.79 Å². The highest BCUT2D eigenvalue weighted by Crippen LogP contribution is 2.26. The highest BCUT2D eigenvalue weighted by molar-refractivity contribution is 6.35. The topological polar surface area (TPSA) is 93.3 Å². The zero-order chi connectivity index (χ0) is 19.8. The first-order valence-corrected chi connectivity index (χ1v) is 9.56. The number of carboxylic acid groups (broad SMARTS) is 1. The highest BCUT2D eigenvalue weighted by atomic mass is 35.5. The molecule has 6 nitrogen and oxygen atoms in total. The quantitative estimate of drug-likeness (QED) is 0.617. The van der Waals surface area contributed by atoms with Crippen molar-refractivity contribution in [2.45, 2.75) is 45.4 Å². The van der Waals surface area contributed by atoms with E-state index in [2.05, 4.69) is 5.32 Å². The summed E-state index contributed by atoms with van der Waals surface area (Å²) < 4.78 is 1.00. The molecule has 0 saturated heterocycles. The SMILES string of the molecule is CC(=O)[O-].O=C(NCCC1CCCCC1)c1c(Cl)ccc2c1ccc[n+]2O. The summed E-state index contributed by atoms with van der Waals surface area (Å²) >= 11 is 6.23. The Labute approximate surface area is 163 Å². The molecule has 0 unspecified atom stereocenters. The number of aromatic nitrogens is 1. The number of nitrogens with zero attached hydrogens (tertiary/aromatic N) is 1. The summed E-state index contributed by atoms with van der Waals surface area (Å²) in [5.41, 5.74) is 0.991. The zero-order valence-electron chi connectivity index (χ0n) is 15.4. The second-order valence-electron chi connectivity index (χ2n) is 6.75. The van der Waals surface area contributed by atoms with Gasteiger partial charge in [-0.05, 0) is 31.4 Å². The number of amides is 1. The third kappa shape index (κ3) is 6.10. The predicted octanol–water partition coefficient (Wildman–Crippen LogP) is 2.47. The zero-order valence-corrected chi connectivity index (χ0v) is 16.2. The maximum absolute atomic E-state index is 12.5. The normalized spacial score (nSPS) is 14.3. The lowest BCUT2D eigenvalue weighted by molar-refractivity contribution is -0.884. The van der Waals surface area contributed by atoms with Gasteiger partial charge in [0.25, 0.3) is 11.4 Å². The van der Waals surface area contributed by atoms with Crippen molar-refractivity contribution in [2.75, 3.05) is 6.54 Å². The first kappa shape index (κ1) is 21.0. The van der Waals surface area contributed by atoms with Crippen molar-refractivity contribution in [3.8, 4) is 0 Å². The molecule has 0 aliphatic heterocycles. The fourth-order valence-electron chi connectivity index (χ4n) is 3.44. The Balaban J connectivity index is 0.000000596. The molecular formula is C20H25ClN2O4. The van der Waals surface area contributed by atoms with Crippen molar-refractivity contribution in [1.82, 2.24) is 5.32 Å². The Morgan fingerprint density at radius 2 is 1.93 bits per heavy atom. The standard InChI is InChI=1S/C18H21ClN2O2.C2H4O2/c19-15-8-9-16-14(7-4-12-21(16)23)17(15)18(22)20-11-10-13-5-2-1-3-6-13;1-2(3)4/h4,7-9,12-13H,1-3,5-6,10-11H2,(H-,20,22,23);1H3,(H,3,4). The minimum absolute atomic E-state index is 0.178. The summed E-state index contributed by atoms with van der Waals surface area (Å²) in [5.74, 6) is -0.533. The largest absolute Gasteiger partial charge is 0.550 e. The second-order valence-corrected chi connectivity index (χ2v) is 7.16. The molecule has 146 valence electrons. The van der Waals surface area contributed by atoms with Gasteiger partial charge in [-0.25, -0.2) is 0 Å². The molecule has 1 heterocycles. The molecule has 0 atom stereocenters. The van der Waals surface area contributed by atoms with Crippen LogP contribution in [-0.4, -0.2) is 23.6 Å². The lowest BCUT2D eigenvalue weighted by Crippen LogP contribution is -2.31. The number of hydrogen-bond donors (Lipinski definition) is 2. The van der Waals surface area contributed by atoms with E-state index >= 15 is 0 Å². The molecule has 1 aliphatic rings. The Morgan fingerprint density at radius 1 is 1.26 bits per heavy atom. The van der Waals surface area contributed by atoms with Gasteiger partial charge in [0, 0.05) is 29.4 Å². The molecule has 7 heteroatoms. The fraction of sp³-hybridized carbons (Fsp3) is 0.450. The molecule has 1 saturated carbocycles. The Bertz CT molecular complexity index is 800. The number of aliphatic carboxylic acids is 1. The number of carbonyl (C=O) groups excluding carboxylic acids is 2. The van der Waals surface area contributed by atoms with Crippen molar-refractivity contribution < 1.29 is 24.6 Å². The van der Waals surface area contributed by atoms with Gasteiger partial charge in [-0.1, -0.05) is 43.7 Å². The van der Waals surface area contributed by atoms with Gasteiger partial charge >= 0.3 is 0 Å². The molecule has 2 aromatic rings. The third-order valence-electron chi connectivity index (χ3n) is 4.70. The minimum Gasteiger partial charge on any atom is -0.550 e. The van der Waals surface area contributed by atoms with Crippen LogP contribution in [0.25, 0.3) is 10.9 Å². The van der Waals surface area contributed by atoms with E-state index in [4.69, 9.17) is 21.5 Å². The monoisotopic (exact) mass is 392 g/mol. The van der Waals surface area contributed by atoms with E-state index < -0.39 is 5.97 Å². The number of fused-ring (bicyclic) bond motifs is 1. The molecule has 2 N–H and O–H groups in total. The summed E-state index contributed by atoms with van der Waals surface area (Å²) in [6.07, 6.45) is 9.06. The molecule has 1 amide bonds. The number of rotatable bonds is 4. The predicted molar refractivity (Wildman–Crippen MR) is 101 cm³/mol. The second kappa shape index (κ2) is 10.1. The minimum atomic E-state index is -1.08. The van der Waals surface area contributed by atoms with Gasteiger partial charge in [-0.2, -0.15) is 0 Å². The summed E-state index contributed by atoms with van der Waals surface area (Å²) in [6.45, 7) is 1.64. The maximum atomic E-state index is 12.5. The summed E-state index contributed by atoms with van der Waals surface area (Å²) in [4.78, 5) is 21.4. The van der Waals surface area contributed by atoms with E-state index in [1.165, 1.54) is 38.3 Å². The van der Waals surface area contributed by atoms with Crippen LogP contribution >= 0.6 is 11.6 Å².